The van der Waals surface area contributed by atoms with E-state index < -0.39 is 5.41 Å². The Morgan fingerprint density at radius 3 is 2.41 bits per heavy atom. The van der Waals surface area contributed by atoms with Crippen LogP contribution in [-0.2, 0) is 17.8 Å². The lowest BCUT2D eigenvalue weighted by Gasteiger charge is -2.23. The first-order valence-electron chi connectivity index (χ1n) is 9.55. The van der Waals surface area contributed by atoms with Gasteiger partial charge in [0.05, 0.1) is 6.54 Å². The molecule has 0 saturated carbocycles. The van der Waals surface area contributed by atoms with Gasteiger partial charge in [-0.05, 0) is 49.1 Å². The van der Waals surface area contributed by atoms with Crippen molar-refractivity contribution in [3.63, 3.8) is 0 Å². The summed E-state index contributed by atoms with van der Waals surface area (Å²) < 4.78 is 0. The van der Waals surface area contributed by atoms with E-state index in [9.17, 15) is 4.79 Å². The molecule has 0 atom stereocenters. The molecule has 29 heavy (non-hydrogen) atoms. The van der Waals surface area contributed by atoms with Crippen LogP contribution in [0, 0.1) is 5.41 Å². The third-order valence-electron chi connectivity index (χ3n) is 4.85. The van der Waals surface area contributed by atoms with Gasteiger partial charge in [0.1, 0.15) is 5.82 Å². The van der Waals surface area contributed by atoms with E-state index in [4.69, 9.17) is 5.73 Å². The van der Waals surface area contributed by atoms with Crippen molar-refractivity contribution in [2.45, 2.75) is 39.7 Å². The summed E-state index contributed by atoms with van der Waals surface area (Å²) in [6.45, 7) is 4.30. The molecule has 0 aliphatic carbocycles. The number of aryl methyl sites for hydroxylation is 1. The first kappa shape index (κ1) is 22.6. The van der Waals surface area contributed by atoms with E-state index in [1.54, 1.807) is 0 Å². The fraction of sp³-hybridized carbons (Fsp3) is 0.318. The van der Waals surface area contributed by atoms with Gasteiger partial charge < -0.3 is 11.1 Å². The van der Waals surface area contributed by atoms with Gasteiger partial charge in [0.25, 0.3) is 0 Å². The Morgan fingerprint density at radius 1 is 1.10 bits per heavy atom. The summed E-state index contributed by atoms with van der Waals surface area (Å²) in [7, 11) is 0. The number of aromatic amines is 1. The van der Waals surface area contributed by atoms with Gasteiger partial charge in [-0.15, -0.1) is 12.4 Å². The molecule has 0 aliphatic rings. The van der Waals surface area contributed by atoms with Crippen LogP contribution in [0.4, 0.5) is 5.69 Å². The van der Waals surface area contributed by atoms with Crippen LogP contribution in [0.2, 0.25) is 0 Å². The van der Waals surface area contributed by atoms with Crippen LogP contribution in [0.3, 0.4) is 0 Å². The molecule has 0 saturated heterocycles. The summed E-state index contributed by atoms with van der Waals surface area (Å²) in [6.07, 6.45) is 2.77. The summed E-state index contributed by atoms with van der Waals surface area (Å²) in [5, 5.41) is 9.96. The number of nitrogens with one attached hydrogen (secondary N) is 2. The summed E-state index contributed by atoms with van der Waals surface area (Å²) >= 11 is 0. The van der Waals surface area contributed by atoms with Crippen molar-refractivity contribution in [3.05, 3.63) is 66.0 Å². The molecule has 1 heterocycles. The number of hydrogen-bond acceptors (Lipinski definition) is 4. The van der Waals surface area contributed by atoms with Gasteiger partial charge in [-0.3, -0.25) is 9.89 Å². The van der Waals surface area contributed by atoms with Gasteiger partial charge in [0.2, 0.25) is 5.91 Å². The van der Waals surface area contributed by atoms with Gasteiger partial charge >= 0.3 is 0 Å². The summed E-state index contributed by atoms with van der Waals surface area (Å²) in [4.78, 5) is 17.0. The highest BCUT2D eigenvalue weighted by Crippen LogP contribution is 2.26. The molecular weight excluding hydrogens is 386 g/mol. The van der Waals surface area contributed by atoms with E-state index >= 15 is 0 Å². The van der Waals surface area contributed by atoms with Crippen LogP contribution in [-0.4, -0.2) is 21.1 Å². The Morgan fingerprint density at radius 2 is 1.79 bits per heavy atom. The third kappa shape index (κ3) is 6.14. The maximum Gasteiger partial charge on any atom is 0.230 e. The second-order valence-corrected chi connectivity index (χ2v) is 7.56. The van der Waals surface area contributed by atoms with Crippen molar-refractivity contribution in [3.8, 4) is 11.4 Å². The molecule has 1 aromatic heterocycles. The van der Waals surface area contributed by atoms with Crippen LogP contribution in [0.25, 0.3) is 11.4 Å². The SMILES string of the molecule is CC(C)(CCCc1ccccc1)C(=O)Nc1ccc(-c2n[nH]c(CN)n2)cc1.Cl. The van der Waals surface area contributed by atoms with Crippen LogP contribution >= 0.6 is 12.4 Å². The van der Waals surface area contributed by atoms with Crippen LogP contribution in [0.5, 0.6) is 0 Å². The van der Waals surface area contributed by atoms with E-state index in [-0.39, 0.29) is 18.3 Å². The molecule has 0 fully saturated rings. The molecule has 0 unspecified atom stereocenters. The average molecular weight is 414 g/mol. The normalized spacial score (nSPS) is 11.0. The summed E-state index contributed by atoms with van der Waals surface area (Å²) in [5.74, 6) is 1.26. The topological polar surface area (TPSA) is 96.7 Å². The summed E-state index contributed by atoms with van der Waals surface area (Å²) in [5.41, 5.74) is 8.05. The van der Waals surface area contributed by atoms with Gasteiger partial charge in [-0.2, -0.15) is 5.10 Å². The van der Waals surface area contributed by atoms with Gasteiger partial charge in [0.15, 0.2) is 5.82 Å². The minimum Gasteiger partial charge on any atom is -0.326 e. The second-order valence-electron chi connectivity index (χ2n) is 7.56. The highest BCUT2D eigenvalue weighted by molar-refractivity contribution is 5.94. The number of anilines is 1. The maximum atomic E-state index is 12.7. The fourth-order valence-corrected chi connectivity index (χ4v) is 3.01. The zero-order valence-corrected chi connectivity index (χ0v) is 17.6. The van der Waals surface area contributed by atoms with Crippen molar-refractivity contribution in [2.75, 3.05) is 5.32 Å². The number of nitrogens with two attached hydrogens (primary N) is 1. The van der Waals surface area contributed by atoms with E-state index in [1.165, 1.54) is 5.56 Å². The van der Waals surface area contributed by atoms with Gasteiger partial charge in [-0.25, -0.2) is 4.98 Å². The predicted molar refractivity (Wildman–Crippen MR) is 119 cm³/mol. The Balaban J connectivity index is 0.00000300. The third-order valence-corrected chi connectivity index (χ3v) is 4.85. The molecule has 2 aromatic carbocycles. The van der Waals surface area contributed by atoms with Crippen molar-refractivity contribution >= 4 is 24.0 Å². The molecular formula is C22H28ClN5O. The predicted octanol–water partition coefficient (Wildman–Crippen LogP) is 4.34. The molecule has 0 bridgehead atoms. The minimum absolute atomic E-state index is 0. The largest absolute Gasteiger partial charge is 0.326 e. The molecule has 7 heteroatoms. The summed E-state index contributed by atoms with van der Waals surface area (Å²) in [6, 6.07) is 17.9. The lowest BCUT2D eigenvalue weighted by Crippen LogP contribution is -2.30. The van der Waals surface area contributed by atoms with Crippen molar-refractivity contribution in [1.82, 2.24) is 15.2 Å². The van der Waals surface area contributed by atoms with Crippen molar-refractivity contribution < 1.29 is 4.79 Å². The Labute approximate surface area is 177 Å². The standard InChI is InChI=1S/C22H27N5O.ClH/c1-22(2,14-6-9-16-7-4-3-5-8-16)21(28)24-18-12-10-17(11-13-18)20-25-19(15-23)26-27-20;/h3-5,7-8,10-13H,6,9,14-15,23H2,1-2H3,(H,24,28)(H,25,26,27);1H. The molecule has 0 radical (unpaired) electrons. The zero-order chi connectivity index (χ0) is 20.0. The van der Waals surface area contributed by atoms with Crippen molar-refractivity contribution in [2.24, 2.45) is 11.1 Å². The van der Waals surface area contributed by atoms with Crippen LogP contribution < -0.4 is 11.1 Å². The number of carbonyl (C=O) groups excluding carboxylic acids is 1. The number of rotatable bonds is 8. The van der Waals surface area contributed by atoms with E-state index in [1.807, 2.05) is 56.3 Å². The second kappa shape index (κ2) is 10.2. The first-order chi connectivity index (χ1) is 13.5. The molecule has 154 valence electrons. The van der Waals surface area contributed by atoms with Gasteiger partial charge in [-0.1, -0.05) is 44.2 Å². The average Bonchev–Trinajstić information content (AvgIpc) is 3.18. The number of aromatic nitrogens is 3. The Bertz CT molecular complexity index is 906. The monoisotopic (exact) mass is 413 g/mol. The fourth-order valence-electron chi connectivity index (χ4n) is 3.01. The lowest BCUT2D eigenvalue weighted by atomic mass is 9.85. The molecule has 3 aromatic rings. The number of benzene rings is 2. The van der Waals surface area contributed by atoms with E-state index in [0.717, 1.165) is 30.5 Å². The Hall–Kier alpha value is -2.70. The molecule has 3 rings (SSSR count). The number of carbonyl (C=O) groups is 1. The van der Waals surface area contributed by atoms with Crippen molar-refractivity contribution in [1.29, 1.82) is 0 Å². The first-order valence-corrected chi connectivity index (χ1v) is 9.55. The minimum atomic E-state index is -0.437. The van der Waals surface area contributed by atoms with Crippen LogP contribution in [0.15, 0.2) is 54.6 Å². The van der Waals surface area contributed by atoms with Crippen LogP contribution in [0.1, 0.15) is 38.1 Å². The maximum absolute atomic E-state index is 12.7. The molecule has 0 aliphatic heterocycles. The number of hydrogen-bond donors (Lipinski definition) is 3. The number of H-pyrrole nitrogens is 1. The zero-order valence-electron chi connectivity index (χ0n) is 16.8. The highest BCUT2D eigenvalue weighted by atomic mass is 35.5. The highest BCUT2D eigenvalue weighted by Gasteiger charge is 2.27. The number of halogens is 1. The van der Waals surface area contributed by atoms with E-state index in [2.05, 4.69) is 32.6 Å². The molecule has 0 spiro atoms. The lowest BCUT2D eigenvalue weighted by molar-refractivity contribution is -0.124. The quantitative estimate of drug-likeness (QED) is 0.511. The molecule has 1 amide bonds. The molecule has 6 nitrogen and oxygen atoms in total. The molecule has 4 N–H and O–H groups in total. The van der Waals surface area contributed by atoms with Gasteiger partial charge in [0, 0.05) is 16.7 Å². The number of nitrogens with zero attached hydrogens (tertiary/aromatic N) is 2. The number of amides is 1. The van der Waals surface area contributed by atoms with E-state index in [0.29, 0.717) is 18.2 Å². The Kier molecular flexibility index (Phi) is 7.93. The smallest absolute Gasteiger partial charge is 0.230 e.